The summed E-state index contributed by atoms with van der Waals surface area (Å²) in [6.45, 7) is 7.92. The van der Waals surface area contributed by atoms with E-state index in [1.165, 1.54) is 0 Å². The van der Waals surface area contributed by atoms with Gasteiger partial charge in [0, 0.05) is 21.8 Å². The first-order valence-corrected chi connectivity index (χ1v) is 10.3. The minimum absolute atomic E-state index is 0.207. The standard InChI is InChI=1S/C19H28ClNO3S/c1-5-24-17(22)13-16(21-25(23)18(2,3)4)19(11-6-12-19)14-7-9-15(20)10-8-14/h7-10,16,21H,5-6,11-13H2,1-4H3. The van der Waals surface area contributed by atoms with Gasteiger partial charge in [0.15, 0.2) is 0 Å². The highest BCUT2D eigenvalue weighted by atomic mass is 35.5. The van der Waals surface area contributed by atoms with Crippen molar-refractivity contribution in [2.24, 2.45) is 0 Å². The molecule has 2 atom stereocenters. The molecule has 140 valence electrons. The Hall–Kier alpha value is -0.750. The third-order valence-electron chi connectivity index (χ3n) is 4.81. The smallest absolute Gasteiger partial charge is 0.307 e. The number of halogens is 1. The summed E-state index contributed by atoms with van der Waals surface area (Å²) in [5.74, 6) is -0.258. The van der Waals surface area contributed by atoms with E-state index in [0.717, 1.165) is 24.8 Å². The van der Waals surface area contributed by atoms with E-state index < -0.39 is 16.1 Å². The quantitative estimate of drug-likeness (QED) is 0.566. The van der Waals surface area contributed by atoms with Gasteiger partial charge in [0.25, 0.3) is 0 Å². The van der Waals surface area contributed by atoms with Crippen LogP contribution in [0.1, 0.15) is 58.9 Å². The maximum atomic E-state index is 12.7. The summed E-state index contributed by atoms with van der Waals surface area (Å²) in [7, 11) is 0. The predicted molar refractivity (Wildman–Crippen MR) is 103 cm³/mol. The van der Waals surface area contributed by atoms with Crippen molar-refractivity contribution < 1.29 is 14.1 Å². The number of nitrogens with one attached hydrogen (secondary N) is 1. The van der Waals surface area contributed by atoms with Crippen LogP contribution in [0.3, 0.4) is 0 Å². The minimum Gasteiger partial charge on any atom is -0.598 e. The van der Waals surface area contributed by atoms with Gasteiger partial charge in [0.1, 0.15) is 4.75 Å². The van der Waals surface area contributed by atoms with E-state index in [2.05, 4.69) is 4.72 Å². The minimum atomic E-state index is -1.26. The first kappa shape index (κ1) is 20.6. The SMILES string of the molecule is CCOC(=O)CC(N[S+]([O-])C(C)(C)C)C1(c2ccc(Cl)cc2)CCC1. The van der Waals surface area contributed by atoms with Gasteiger partial charge in [-0.2, -0.15) is 0 Å². The molecule has 1 aliphatic carbocycles. The van der Waals surface area contributed by atoms with Gasteiger partial charge in [-0.1, -0.05) is 30.2 Å². The first-order valence-electron chi connectivity index (χ1n) is 8.79. The van der Waals surface area contributed by atoms with Gasteiger partial charge in [-0.25, -0.2) is 0 Å². The van der Waals surface area contributed by atoms with Gasteiger partial charge in [-0.05, 0) is 58.2 Å². The molecule has 2 unspecified atom stereocenters. The number of benzene rings is 1. The molecule has 1 aromatic rings. The highest BCUT2D eigenvalue weighted by Crippen LogP contribution is 2.48. The molecule has 25 heavy (non-hydrogen) atoms. The lowest BCUT2D eigenvalue weighted by molar-refractivity contribution is -0.144. The fourth-order valence-corrected chi connectivity index (χ4v) is 4.27. The Balaban J connectivity index is 2.30. The van der Waals surface area contributed by atoms with E-state index in [9.17, 15) is 9.35 Å². The predicted octanol–water partition coefficient (Wildman–Crippen LogP) is 4.14. The molecule has 0 heterocycles. The lowest BCUT2D eigenvalue weighted by atomic mass is 9.59. The molecule has 1 fully saturated rings. The van der Waals surface area contributed by atoms with Gasteiger partial charge >= 0.3 is 5.97 Å². The Morgan fingerprint density at radius 1 is 1.36 bits per heavy atom. The molecule has 1 aliphatic rings. The van der Waals surface area contributed by atoms with Crippen LogP contribution in [0.5, 0.6) is 0 Å². The normalized spacial score (nSPS) is 19.0. The molecule has 6 heteroatoms. The van der Waals surface area contributed by atoms with Crippen LogP contribution in [0, 0.1) is 0 Å². The summed E-state index contributed by atoms with van der Waals surface area (Å²) in [5, 5.41) is 0.686. The molecule has 2 rings (SSSR count). The van der Waals surface area contributed by atoms with Crippen LogP contribution < -0.4 is 4.72 Å². The van der Waals surface area contributed by atoms with E-state index in [4.69, 9.17) is 16.3 Å². The number of esters is 1. The van der Waals surface area contributed by atoms with Crippen LogP contribution in [0.25, 0.3) is 0 Å². The number of hydrogen-bond acceptors (Lipinski definition) is 4. The molecule has 0 saturated heterocycles. The average molecular weight is 386 g/mol. The van der Waals surface area contributed by atoms with E-state index >= 15 is 0 Å². The lowest BCUT2D eigenvalue weighted by Crippen LogP contribution is -2.57. The summed E-state index contributed by atoms with van der Waals surface area (Å²) in [6.07, 6.45) is 3.20. The molecular weight excluding hydrogens is 358 g/mol. The van der Waals surface area contributed by atoms with Gasteiger partial charge in [0.2, 0.25) is 0 Å². The molecule has 1 saturated carbocycles. The average Bonchev–Trinajstić information content (AvgIpc) is 2.47. The van der Waals surface area contributed by atoms with Crippen molar-refractivity contribution in [3.05, 3.63) is 34.9 Å². The molecule has 0 aliphatic heterocycles. The van der Waals surface area contributed by atoms with Gasteiger partial charge < -0.3 is 9.29 Å². The third kappa shape index (κ3) is 4.91. The van der Waals surface area contributed by atoms with Crippen molar-refractivity contribution in [3.63, 3.8) is 0 Å². The molecule has 0 aromatic heterocycles. The molecule has 0 radical (unpaired) electrons. The van der Waals surface area contributed by atoms with Crippen molar-refractivity contribution in [1.29, 1.82) is 0 Å². The summed E-state index contributed by atoms with van der Waals surface area (Å²) in [5.41, 5.74) is 0.925. The van der Waals surface area contributed by atoms with Crippen LogP contribution in [-0.2, 0) is 26.3 Å². The van der Waals surface area contributed by atoms with Gasteiger partial charge in [-0.15, -0.1) is 4.72 Å². The topological polar surface area (TPSA) is 61.4 Å². The Labute approximate surface area is 159 Å². The zero-order chi connectivity index (χ0) is 18.7. The molecular formula is C19H28ClNO3S. The Kier molecular flexibility index (Phi) is 6.82. The summed E-state index contributed by atoms with van der Waals surface area (Å²) < 4.78 is 20.7. The van der Waals surface area contributed by atoms with Crippen LogP contribution in [0.15, 0.2) is 24.3 Å². The second-order valence-electron chi connectivity index (χ2n) is 7.58. The van der Waals surface area contributed by atoms with Crippen molar-refractivity contribution in [2.75, 3.05) is 6.61 Å². The van der Waals surface area contributed by atoms with Crippen LogP contribution in [0.2, 0.25) is 5.02 Å². The Morgan fingerprint density at radius 3 is 2.40 bits per heavy atom. The van der Waals surface area contributed by atoms with Crippen molar-refractivity contribution in [3.8, 4) is 0 Å². The van der Waals surface area contributed by atoms with Crippen LogP contribution in [-0.4, -0.2) is 27.9 Å². The maximum Gasteiger partial charge on any atom is 0.307 e. The fourth-order valence-electron chi connectivity index (χ4n) is 3.22. The summed E-state index contributed by atoms with van der Waals surface area (Å²) in [6, 6.07) is 7.54. The van der Waals surface area contributed by atoms with Crippen LogP contribution in [0.4, 0.5) is 0 Å². The third-order valence-corrected chi connectivity index (χ3v) is 6.68. The number of rotatable bonds is 7. The molecule has 1 aromatic carbocycles. The lowest BCUT2D eigenvalue weighted by Gasteiger charge is -2.48. The Bertz CT molecular complexity index is 581. The zero-order valence-electron chi connectivity index (χ0n) is 15.4. The molecule has 0 amide bonds. The van der Waals surface area contributed by atoms with Crippen LogP contribution >= 0.6 is 11.6 Å². The molecule has 1 N–H and O–H groups in total. The summed E-state index contributed by atoms with van der Waals surface area (Å²) >= 11 is 4.77. The van der Waals surface area contributed by atoms with E-state index in [1.807, 2.05) is 45.0 Å². The van der Waals surface area contributed by atoms with Crippen molar-refractivity contribution >= 4 is 28.9 Å². The second-order valence-corrected chi connectivity index (χ2v) is 10.0. The molecule has 0 bridgehead atoms. The highest BCUT2D eigenvalue weighted by Gasteiger charge is 2.49. The monoisotopic (exact) mass is 385 g/mol. The first-order chi connectivity index (χ1) is 11.7. The number of carbonyl (C=O) groups is 1. The zero-order valence-corrected chi connectivity index (χ0v) is 17.0. The van der Waals surface area contributed by atoms with Crippen molar-refractivity contribution in [1.82, 2.24) is 4.72 Å². The largest absolute Gasteiger partial charge is 0.598 e. The van der Waals surface area contributed by atoms with Gasteiger partial charge in [-0.3, -0.25) is 4.79 Å². The number of carbonyl (C=O) groups excluding carboxylic acids is 1. The number of hydrogen-bond donors (Lipinski definition) is 1. The number of ether oxygens (including phenoxy) is 1. The second kappa shape index (κ2) is 8.30. The molecule has 0 spiro atoms. The van der Waals surface area contributed by atoms with E-state index in [1.54, 1.807) is 6.92 Å². The van der Waals surface area contributed by atoms with E-state index in [0.29, 0.717) is 11.6 Å². The van der Waals surface area contributed by atoms with E-state index in [-0.39, 0.29) is 23.8 Å². The Morgan fingerprint density at radius 2 is 1.96 bits per heavy atom. The molecule has 4 nitrogen and oxygen atoms in total. The highest BCUT2D eigenvalue weighted by molar-refractivity contribution is 7.90. The summed E-state index contributed by atoms with van der Waals surface area (Å²) in [4.78, 5) is 12.2. The fraction of sp³-hybridized carbons (Fsp3) is 0.632. The van der Waals surface area contributed by atoms with Gasteiger partial charge in [0.05, 0.1) is 19.1 Å². The maximum absolute atomic E-state index is 12.7. The van der Waals surface area contributed by atoms with Crippen molar-refractivity contribution in [2.45, 2.75) is 69.6 Å².